The Bertz CT molecular complexity index is 449. The molecule has 0 aliphatic heterocycles. The third kappa shape index (κ3) is 2.93. The van der Waals surface area contributed by atoms with E-state index in [-0.39, 0.29) is 6.04 Å². The minimum Gasteiger partial charge on any atom is -0.271 e. The highest BCUT2D eigenvalue weighted by molar-refractivity contribution is 5.16. The van der Waals surface area contributed by atoms with Gasteiger partial charge in [0.25, 0.3) is 0 Å². The summed E-state index contributed by atoms with van der Waals surface area (Å²) in [4.78, 5) is 0. The number of aromatic nitrogens is 2. The molecule has 1 atom stereocenters. The number of hydrogen-bond donors (Lipinski definition) is 2. The third-order valence-electron chi connectivity index (χ3n) is 2.98. The fraction of sp³-hybridized carbons (Fsp3) is 0.308. The monoisotopic (exact) mass is 230 g/mol. The summed E-state index contributed by atoms with van der Waals surface area (Å²) in [6, 6.07) is 12.6. The Kier molecular flexibility index (Phi) is 3.90. The maximum absolute atomic E-state index is 5.61. The molecule has 0 saturated heterocycles. The van der Waals surface area contributed by atoms with Gasteiger partial charge in [-0.05, 0) is 24.5 Å². The molecule has 1 unspecified atom stereocenters. The molecule has 0 radical (unpaired) electrons. The van der Waals surface area contributed by atoms with E-state index in [1.165, 1.54) is 5.56 Å². The number of hydrogen-bond acceptors (Lipinski definition) is 3. The van der Waals surface area contributed by atoms with Crippen molar-refractivity contribution >= 4 is 0 Å². The Morgan fingerprint density at radius 2 is 2.06 bits per heavy atom. The summed E-state index contributed by atoms with van der Waals surface area (Å²) in [5, 5.41) is 4.16. The molecule has 17 heavy (non-hydrogen) atoms. The summed E-state index contributed by atoms with van der Waals surface area (Å²) in [5.74, 6) is 5.61. The van der Waals surface area contributed by atoms with Crippen molar-refractivity contribution in [1.82, 2.24) is 15.2 Å². The lowest BCUT2D eigenvalue weighted by atomic mass is 10.0. The van der Waals surface area contributed by atoms with Gasteiger partial charge in [0.05, 0.1) is 11.7 Å². The van der Waals surface area contributed by atoms with E-state index in [0.717, 1.165) is 18.5 Å². The predicted molar refractivity (Wildman–Crippen MR) is 68.0 cm³/mol. The smallest absolute Gasteiger partial charge is 0.0632 e. The van der Waals surface area contributed by atoms with E-state index in [0.29, 0.717) is 0 Å². The second-order valence-electron chi connectivity index (χ2n) is 4.12. The lowest BCUT2D eigenvalue weighted by Crippen LogP contribution is -2.30. The topological polar surface area (TPSA) is 55.9 Å². The molecule has 0 bridgehead atoms. The molecule has 4 heteroatoms. The normalized spacial score (nSPS) is 12.6. The highest BCUT2D eigenvalue weighted by atomic mass is 15.3. The van der Waals surface area contributed by atoms with Crippen LogP contribution in [-0.2, 0) is 13.5 Å². The number of rotatable bonds is 5. The van der Waals surface area contributed by atoms with Gasteiger partial charge in [-0.1, -0.05) is 30.3 Å². The van der Waals surface area contributed by atoms with Gasteiger partial charge < -0.3 is 0 Å². The van der Waals surface area contributed by atoms with Gasteiger partial charge >= 0.3 is 0 Å². The summed E-state index contributed by atoms with van der Waals surface area (Å²) in [6.07, 6.45) is 3.75. The minimum atomic E-state index is 0.141. The van der Waals surface area contributed by atoms with E-state index < -0.39 is 0 Å². The van der Waals surface area contributed by atoms with Gasteiger partial charge in [-0.15, -0.1) is 0 Å². The van der Waals surface area contributed by atoms with Crippen LogP contribution in [0.25, 0.3) is 0 Å². The molecule has 0 amide bonds. The van der Waals surface area contributed by atoms with Gasteiger partial charge in [0.1, 0.15) is 0 Å². The van der Waals surface area contributed by atoms with E-state index in [2.05, 4.69) is 34.8 Å². The Morgan fingerprint density at radius 3 is 2.65 bits per heavy atom. The quantitative estimate of drug-likeness (QED) is 0.605. The van der Waals surface area contributed by atoms with Crippen molar-refractivity contribution in [1.29, 1.82) is 0 Å². The number of aryl methyl sites for hydroxylation is 2. The average Bonchev–Trinajstić information content (AvgIpc) is 2.78. The molecule has 2 rings (SSSR count). The largest absolute Gasteiger partial charge is 0.271 e. The molecular formula is C13H18N4. The van der Waals surface area contributed by atoms with Gasteiger partial charge in [-0.2, -0.15) is 5.10 Å². The summed E-state index contributed by atoms with van der Waals surface area (Å²) in [7, 11) is 1.93. The molecule has 0 spiro atoms. The molecule has 1 heterocycles. The molecule has 2 aromatic rings. The summed E-state index contributed by atoms with van der Waals surface area (Å²) in [6.45, 7) is 0. The van der Waals surface area contributed by atoms with Gasteiger partial charge in [0.15, 0.2) is 0 Å². The molecular weight excluding hydrogens is 212 g/mol. The van der Waals surface area contributed by atoms with E-state index in [4.69, 9.17) is 5.84 Å². The second kappa shape index (κ2) is 5.61. The molecule has 0 fully saturated rings. The Morgan fingerprint density at radius 1 is 1.29 bits per heavy atom. The highest BCUT2D eigenvalue weighted by Gasteiger charge is 2.12. The third-order valence-corrected chi connectivity index (χ3v) is 2.98. The van der Waals surface area contributed by atoms with Crippen LogP contribution in [0.1, 0.15) is 23.7 Å². The van der Waals surface area contributed by atoms with Crippen molar-refractivity contribution in [3.05, 3.63) is 53.9 Å². The Balaban J connectivity index is 2.00. The zero-order chi connectivity index (χ0) is 12.1. The lowest BCUT2D eigenvalue weighted by Gasteiger charge is -2.16. The van der Waals surface area contributed by atoms with Crippen molar-refractivity contribution in [3.63, 3.8) is 0 Å². The van der Waals surface area contributed by atoms with E-state index in [1.54, 1.807) is 6.20 Å². The molecule has 0 aliphatic carbocycles. The molecule has 0 saturated carbocycles. The first-order chi connectivity index (χ1) is 8.31. The van der Waals surface area contributed by atoms with Crippen LogP contribution in [0.2, 0.25) is 0 Å². The van der Waals surface area contributed by atoms with E-state index >= 15 is 0 Å². The van der Waals surface area contributed by atoms with Crippen LogP contribution in [0.4, 0.5) is 0 Å². The summed E-state index contributed by atoms with van der Waals surface area (Å²) < 4.78 is 1.86. The first kappa shape index (κ1) is 11.8. The Hall–Kier alpha value is -1.65. The lowest BCUT2D eigenvalue weighted by molar-refractivity contribution is 0.480. The van der Waals surface area contributed by atoms with Crippen molar-refractivity contribution in [2.24, 2.45) is 12.9 Å². The van der Waals surface area contributed by atoms with Gasteiger partial charge in [-0.25, -0.2) is 0 Å². The van der Waals surface area contributed by atoms with Crippen molar-refractivity contribution in [3.8, 4) is 0 Å². The van der Waals surface area contributed by atoms with Crippen LogP contribution in [0.5, 0.6) is 0 Å². The summed E-state index contributed by atoms with van der Waals surface area (Å²) >= 11 is 0. The van der Waals surface area contributed by atoms with E-state index in [9.17, 15) is 0 Å². The van der Waals surface area contributed by atoms with Crippen LogP contribution >= 0.6 is 0 Å². The number of hydrazine groups is 1. The fourth-order valence-electron chi connectivity index (χ4n) is 2.00. The maximum Gasteiger partial charge on any atom is 0.0632 e. The van der Waals surface area contributed by atoms with Crippen molar-refractivity contribution in [2.45, 2.75) is 18.9 Å². The molecule has 4 nitrogen and oxygen atoms in total. The summed E-state index contributed by atoms with van der Waals surface area (Å²) in [5.41, 5.74) is 5.30. The number of nitrogens with two attached hydrogens (primary N) is 1. The first-order valence-electron chi connectivity index (χ1n) is 5.79. The maximum atomic E-state index is 5.61. The Labute approximate surface area is 101 Å². The highest BCUT2D eigenvalue weighted by Crippen LogP contribution is 2.17. The zero-order valence-electron chi connectivity index (χ0n) is 10.0. The molecule has 1 aromatic carbocycles. The van der Waals surface area contributed by atoms with Crippen LogP contribution in [-0.4, -0.2) is 9.78 Å². The van der Waals surface area contributed by atoms with Crippen LogP contribution < -0.4 is 11.3 Å². The van der Waals surface area contributed by atoms with E-state index in [1.807, 2.05) is 23.9 Å². The molecule has 0 aliphatic rings. The minimum absolute atomic E-state index is 0.141. The van der Waals surface area contributed by atoms with Crippen molar-refractivity contribution < 1.29 is 0 Å². The first-order valence-corrected chi connectivity index (χ1v) is 5.79. The van der Waals surface area contributed by atoms with Crippen LogP contribution in [0, 0.1) is 0 Å². The number of nitrogens with one attached hydrogen (secondary N) is 1. The molecule has 90 valence electrons. The fourth-order valence-corrected chi connectivity index (χ4v) is 2.00. The second-order valence-corrected chi connectivity index (χ2v) is 4.12. The zero-order valence-corrected chi connectivity index (χ0v) is 10.0. The van der Waals surface area contributed by atoms with Gasteiger partial charge in [0, 0.05) is 13.2 Å². The SMILES string of the molecule is Cn1nccc1C(CCc1ccccc1)NN. The average molecular weight is 230 g/mol. The van der Waals surface area contributed by atoms with Crippen LogP contribution in [0.15, 0.2) is 42.6 Å². The number of nitrogens with zero attached hydrogens (tertiary/aromatic N) is 2. The van der Waals surface area contributed by atoms with Gasteiger partial charge in [0.2, 0.25) is 0 Å². The van der Waals surface area contributed by atoms with Crippen molar-refractivity contribution in [2.75, 3.05) is 0 Å². The van der Waals surface area contributed by atoms with Gasteiger partial charge in [-0.3, -0.25) is 16.0 Å². The predicted octanol–water partition coefficient (Wildman–Crippen LogP) is 1.56. The molecule has 1 aromatic heterocycles. The number of benzene rings is 1. The van der Waals surface area contributed by atoms with Crippen LogP contribution in [0.3, 0.4) is 0 Å². The molecule has 3 N–H and O–H groups in total. The standard InChI is InChI=1S/C13H18N4/c1-17-13(9-10-15-17)12(16-14)8-7-11-5-3-2-4-6-11/h2-6,9-10,12,16H,7-8,14H2,1H3.